The van der Waals surface area contributed by atoms with E-state index in [1.807, 2.05) is 7.05 Å². The Labute approximate surface area is 160 Å². The predicted octanol–water partition coefficient (Wildman–Crippen LogP) is 4.39. The van der Waals surface area contributed by atoms with Crippen LogP contribution in [-0.4, -0.2) is 46.1 Å². The molecule has 0 heterocycles. The highest BCUT2D eigenvalue weighted by Crippen LogP contribution is 2.36. The molecule has 27 heavy (non-hydrogen) atoms. The van der Waals surface area contributed by atoms with Crippen molar-refractivity contribution in [2.75, 3.05) is 21.3 Å². The summed E-state index contributed by atoms with van der Waals surface area (Å²) in [5.41, 5.74) is 0.362. The van der Waals surface area contributed by atoms with Gasteiger partial charge in [0.15, 0.2) is 0 Å². The Kier molecular flexibility index (Phi) is 14.6. The smallest absolute Gasteiger partial charge is 0.388 e. The standard InChI is InChI=1S/C10H9F3O.C8H17NO.C2H6O/c11-10(12,13)9(6-7-14)8-4-2-1-3-5-8;1-8(2,3)5-7(6-10)9-4;1-3-2/h1-5,7,9H,6H2;6-7,9H,5H2,1-4H3;1-2H3/t;7-;/m.0./s1. The number of alkyl halides is 3. The summed E-state index contributed by atoms with van der Waals surface area (Å²) in [6, 6.07) is 7.46. The van der Waals surface area contributed by atoms with Gasteiger partial charge in [-0.2, -0.15) is 13.2 Å². The van der Waals surface area contributed by atoms with Crippen LogP contribution < -0.4 is 5.32 Å². The molecule has 2 atom stereocenters. The van der Waals surface area contributed by atoms with Crippen LogP contribution in [0.2, 0.25) is 0 Å². The quantitative estimate of drug-likeness (QED) is 0.731. The van der Waals surface area contributed by atoms with Gasteiger partial charge in [0, 0.05) is 20.6 Å². The van der Waals surface area contributed by atoms with Crippen molar-refractivity contribution in [1.82, 2.24) is 5.32 Å². The molecule has 0 radical (unpaired) electrons. The highest BCUT2D eigenvalue weighted by atomic mass is 19.4. The number of carbonyl (C=O) groups excluding carboxylic acids is 2. The number of ether oxygens (including phenoxy) is 1. The van der Waals surface area contributed by atoms with Gasteiger partial charge in [-0.25, -0.2) is 0 Å². The minimum Gasteiger partial charge on any atom is -0.388 e. The molecule has 0 bridgehead atoms. The van der Waals surface area contributed by atoms with Crippen molar-refractivity contribution in [2.45, 2.75) is 51.7 Å². The first-order valence-electron chi connectivity index (χ1n) is 8.54. The zero-order chi connectivity index (χ0) is 21.5. The molecule has 7 heteroatoms. The second-order valence-corrected chi connectivity index (χ2v) is 7.11. The van der Waals surface area contributed by atoms with Gasteiger partial charge < -0.3 is 19.6 Å². The first-order valence-corrected chi connectivity index (χ1v) is 8.54. The molecule has 1 aromatic rings. The first kappa shape index (κ1) is 27.5. The van der Waals surface area contributed by atoms with Crippen LogP contribution in [0.5, 0.6) is 0 Å². The number of halogens is 3. The molecule has 0 aromatic heterocycles. The number of hydrogen-bond donors (Lipinski definition) is 1. The van der Waals surface area contributed by atoms with Crippen molar-refractivity contribution in [3.8, 4) is 0 Å². The van der Waals surface area contributed by atoms with E-state index < -0.39 is 18.5 Å². The number of aldehydes is 2. The van der Waals surface area contributed by atoms with Crippen LogP contribution >= 0.6 is 0 Å². The van der Waals surface area contributed by atoms with E-state index in [0.717, 1.165) is 12.7 Å². The van der Waals surface area contributed by atoms with Gasteiger partial charge in [-0.05, 0) is 24.4 Å². The maximum absolute atomic E-state index is 12.4. The highest BCUT2D eigenvalue weighted by Gasteiger charge is 2.40. The van der Waals surface area contributed by atoms with Crippen LogP contribution in [0.4, 0.5) is 13.2 Å². The van der Waals surface area contributed by atoms with E-state index in [1.54, 1.807) is 20.3 Å². The van der Waals surface area contributed by atoms with Gasteiger partial charge in [-0.3, -0.25) is 0 Å². The molecule has 1 rings (SSSR count). The second-order valence-electron chi connectivity index (χ2n) is 7.11. The molecule has 4 nitrogen and oxygen atoms in total. The van der Waals surface area contributed by atoms with Gasteiger partial charge in [0.05, 0.1) is 12.0 Å². The van der Waals surface area contributed by atoms with Crippen molar-refractivity contribution in [2.24, 2.45) is 5.41 Å². The summed E-state index contributed by atoms with van der Waals surface area (Å²) in [6.45, 7) is 6.38. The van der Waals surface area contributed by atoms with Gasteiger partial charge in [-0.15, -0.1) is 0 Å². The predicted molar refractivity (Wildman–Crippen MR) is 102 cm³/mol. The van der Waals surface area contributed by atoms with Crippen LogP contribution in [0.25, 0.3) is 0 Å². The van der Waals surface area contributed by atoms with E-state index in [9.17, 15) is 22.8 Å². The fourth-order valence-electron chi connectivity index (χ4n) is 2.12. The third kappa shape index (κ3) is 15.1. The van der Waals surface area contributed by atoms with Crippen LogP contribution in [0.15, 0.2) is 30.3 Å². The maximum atomic E-state index is 12.4. The third-order valence-corrected chi connectivity index (χ3v) is 3.30. The zero-order valence-corrected chi connectivity index (χ0v) is 17.0. The zero-order valence-electron chi connectivity index (χ0n) is 17.0. The fourth-order valence-corrected chi connectivity index (χ4v) is 2.12. The summed E-state index contributed by atoms with van der Waals surface area (Å²) < 4.78 is 41.6. The lowest BCUT2D eigenvalue weighted by Crippen LogP contribution is -2.31. The van der Waals surface area contributed by atoms with Crippen molar-refractivity contribution in [3.05, 3.63) is 35.9 Å². The van der Waals surface area contributed by atoms with Crippen molar-refractivity contribution in [3.63, 3.8) is 0 Å². The number of carbonyl (C=O) groups is 2. The molecular weight excluding hydrogens is 359 g/mol. The summed E-state index contributed by atoms with van der Waals surface area (Å²) in [7, 11) is 5.06. The third-order valence-electron chi connectivity index (χ3n) is 3.30. The van der Waals surface area contributed by atoms with E-state index in [-0.39, 0.29) is 17.0 Å². The molecule has 1 aromatic carbocycles. The first-order chi connectivity index (χ1) is 12.5. The lowest BCUT2D eigenvalue weighted by Gasteiger charge is -2.21. The monoisotopic (exact) mass is 391 g/mol. The minimum absolute atomic E-state index is 0.0139. The molecule has 0 aliphatic rings. The van der Waals surface area contributed by atoms with Gasteiger partial charge in [0.1, 0.15) is 12.6 Å². The van der Waals surface area contributed by atoms with Crippen molar-refractivity contribution >= 4 is 12.6 Å². The molecule has 1 N–H and O–H groups in total. The van der Waals surface area contributed by atoms with Crippen LogP contribution in [0.3, 0.4) is 0 Å². The summed E-state index contributed by atoms with van der Waals surface area (Å²) in [5.74, 6) is -1.68. The van der Waals surface area contributed by atoms with Crippen LogP contribution in [0.1, 0.15) is 45.1 Å². The van der Waals surface area contributed by atoms with Crippen LogP contribution in [-0.2, 0) is 14.3 Å². The molecule has 0 saturated carbocycles. The summed E-state index contributed by atoms with van der Waals surface area (Å²) in [5, 5.41) is 2.94. The lowest BCUT2D eigenvalue weighted by atomic mass is 9.89. The fraction of sp³-hybridized carbons (Fsp3) is 0.600. The number of benzene rings is 1. The Morgan fingerprint density at radius 1 is 1.07 bits per heavy atom. The summed E-state index contributed by atoms with van der Waals surface area (Å²) in [4.78, 5) is 20.5. The Hall–Kier alpha value is -1.73. The molecule has 0 aliphatic heterocycles. The summed E-state index contributed by atoms with van der Waals surface area (Å²) >= 11 is 0. The van der Waals surface area contributed by atoms with E-state index in [2.05, 4.69) is 30.8 Å². The van der Waals surface area contributed by atoms with Gasteiger partial charge in [0.2, 0.25) is 0 Å². The largest absolute Gasteiger partial charge is 0.396 e. The molecule has 0 aliphatic carbocycles. The number of nitrogens with one attached hydrogen (secondary N) is 1. The van der Waals surface area contributed by atoms with E-state index in [4.69, 9.17) is 0 Å². The molecule has 0 fully saturated rings. The maximum Gasteiger partial charge on any atom is 0.396 e. The average molecular weight is 391 g/mol. The van der Waals surface area contributed by atoms with Crippen molar-refractivity contribution < 1.29 is 27.5 Å². The van der Waals surface area contributed by atoms with E-state index in [0.29, 0.717) is 6.29 Å². The highest BCUT2D eigenvalue weighted by molar-refractivity contribution is 5.57. The SMILES string of the molecule is CN[C@H](C=O)CC(C)(C)C.COC.O=CCC(c1ccccc1)C(F)(F)F. The number of likely N-dealkylation sites (N-methyl/N-ethyl adjacent to an activating group) is 1. The average Bonchev–Trinajstić information content (AvgIpc) is 2.58. The Morgan fingerprint density at radius 3 is 1.81 bits per heavy atom. The normalized spacial score (nSPS) is 13.2. The topological polar surface area (TPSA) is 55.4 Å². The Bertz CT molecular complexity index is 499. The number of rotatable bonds is 6. The van der Waals surface area contributed by atoms with E-state index in [1.165, 1.54) is 24.3 Å². The number of hydrogen-bond acceptors (Lipinski definition) is 4. The second kappa shape index (κ2) is 14.3. The summed E-state index contributed by atoms with van der Waals surface area (Å²) in [6.07, 6.45) is -2.72. The van der Waals surface area contributed by atoms with Crippen LogP contribution in [0, 0.1) is 5.41 Å². The number of methoxy groups -OCH3 is 1. The van der Waals surface area contributed by atoms with Gasteiger partial charge >= 0.3 is 6.18 Å². The molecular formula is C20H32F3NO3. The minimum atomic E-state index is -4.36. The molecule has 156 valence electrons. The Balaban J connectivity index is 0. The Morgan fingerprint density at radius 2 is 1.56 bits per heavy atom. The molecule has 1 unspecified atom stereocenters. The van der Waals surface area contributed by atoms with E-state index >= 15 is 0 Å². The molecule has 0 spiro atoms. The van der Waals surface area contributed by atoms with Gasteiger partial charge in [0.25, 0.3) is 0 Å². The van der Waals surface area contributed by atoms with Crippen molar-refractivity contribution in [1.29, 1.82) is 0 Å². The molecule has 0 saturated heterocycles. The molecule has 0 amide bonds. The lowest BCUT2D eigenvalue weighted by molar-refractivity contribution is -0.154. The van der Waals surface area contributed by atoms with Gasteiger partial charge in [-0.1, -0.05) is 51.1 Å².